The Morgan fingerprint density at radius 2 is 2.03 bits per heavy atom. The molecule has 3 fully saturated rings. The Bertz CT molecular complexity index is 940. The summed E-state index contributed by atoms with van der Waals surface area (Å²) >= 11 is 3.63. The molecule has 0 aliphatic carbocycles. The van der Waals surface area contributed by atoms with E-state index in [1.54, 1.807) is 11.9 Å². The van der Waals surface area contributed by atoms with Crippen molar-refractivity contribution in [2.24, 2.45) is 11.8 Å². The van der Waals surface area contributed by atoms with Gasteiger partial charge in [0.05, 0.1) is 17.9 Å². The fourth-order valence-electron chi connectivity index (χ4n) is 5.60. The van der Waals surface area contributed by atoms with Gasteiger partial charge < -0.3 is 25.4 Å². The van der Waals surface area contributed by atoms with Gasteiger partial charge in [0.25, 0.3) is 0 Å². The maximum Gasteiger partial charge on any atom is 0.250 e. The average Bonchev–Trinajstić information content (AvgIpc) is 3.34. The van der Waals surface area contributed by atoms with E-state index in [4.69, 9.17) is 4.74 Å². The van der Waals surface area contributed by atoms with Crippen LogP contribution in [0.2, 0.25) is 0 Å². The molecule has 174 valence electrons. The first-order chi connectivity index (χ1) is 15.2. The molecule has 3 heterocycles. The molecule has 0 saturated carbocycles. The van der Waals surface area contributed by atoms with Crippen molar-refractivity contribution in [1.29, 1.82) is 0 Å². The van der Waals surface area contributed by atoms with E-state index in [0.717, 1.165) is 11.1 Å². The van der Waals surface area contributed by atoms with E-state index in [1.165, 1.54) is 0 Å². The molecule has 9 heteroatoms. The number of alkyl halides is 1. The molecular formula is C23H30BrN3O5. The third kappa shape index (κ3) is 3.54. The second kappa shape index (κ2) is 8.76. The second-order valence-electron chi connectivity index (χ2n) is 9.05. The Labute approximate surface area is 196 Å². The number of hydrogen-bond donors (Lipinski definition) is 3. The number of halogens is 1. The molecule has 4 rings (SSSR count). The number of carbonyl (C=O) groups is 3. The number of ether oxygens (including phenoxy) is 1. The number of carbonyl (C=O) groups excluding carboxylic acids is 3. The van der Waals surface area contributed by atoms with E-state index >= 15 is 0 Å². The molecule has 1 aromatic rings. The van der Waals surface area contributed by atoms with Crippen LogP contribution in [0.25, 0.3) is 0 Å². The van der Waals surface area contributed by atoms with Crippen molar-refractivity contribution in [2.75, 3.05) is 25.5 Å². The van der Waals surface area contributed by atoms with Crippen molar-refractivity contribution in [1.82, 2.24) is 10.2 Å². The third-order valence-corrected chi connectivity index (χ3v) is 7.89. The molecule has 3 aliphatic rings. The summed E-state index contributed by atoms with van der Waals surface area (Å²) < 4.78 is 6.38. The summed E-state index contributed by atoms with van der Waals surface area (Å²) in [5.74, 6) is -2.13. The maximum atomic E-state index is 13.7. The predicted molar refractivity (Wildman–Crippen MR) is 122 cm³/mol. The van der Waals surface area contributed by atoms with Gasteiger partial charge in [0.15, 0.2) is 0 Å². The van der Waals surface area contributed by atoms with E-state index in [2.05, 4.69) is 26.6 Å². The highest BCUT2D eigenvalue weighted by Gasteiger charge is 2.76. The lowest BCUT2D eigenvalue weighted by molar-refractivity contribution is -0.140. The second-order valence-corrected chi connectivity index (χ2v) is 10.2. The zero-order chi connectivity index (χ0) is 23.2. The van der Waals surface area contributed by atoms with Crippen LogP contribution in [0.3, 0.4) is 0 Å². The monoisotopic (exact) mass is 507 g/mol. The third-order valence-electron chi connectivity index (χ3n) is 7.04. The van der Waals surface area contributed by atoms with E-state index < -0.39 is 29.6 Å². The average molecular weight is 508 g/mol. The van der Waals surface area contributed by atoms with Gasteiger partial charge in [0.1, 0.15) is 11.6 Å². The predicted octanol–water partition coefficient (Wildman–Crippen LogP) is 1.51. The first-order valence-electron chi connectivity index (χ1n) is 11.1. The SMILES string of the molecule is CNC(=O)[C@H]1[C@@H]2OC3(CC2Br)C(C(=O)Nc2cc(C)ccc2C)N(CCCCO)C(=O)[C@H]13. The van der Waals surface area contributed by atoms with Gasteiger partial charge >= 0.3 is 0 Å². The number of likely N-dealkylation sites (tertiary alicyclic amines) is 1. The summed E-state index contributed by atoms with van der Waals surface area (Å²) in [6.07, 6.45) is 1.10. The molecule has 2 bridgehead atoms. The van der Waals surface area contributed by atoms with Gasteiger partial charge in [0.2, 0.25) is 17.7 Å². The van der Waals surface area contributed by atoms with Gasteiger partial charge in [-0.25, -0.2) is 0 Å². The molecule has 6 atom stereocenters. The van der Waals surface area contributed by atoms with Crippen molar-refractivity contribution < 1.29 is 24.2 Å². The van der Waals surface area contributed by atoms with Crippen LogP contribution in [0.15, 0.2) is 18.2 Å². The zero-order valence-corrected chi connectivity index (χ0v) is 20.1. The summed E-state index contributed by atoms with van der Waals surface area (Å²) in [6.45, 7) is 4.21. The highest BCUT2D eigenvalue weighted by atomic mass is 79.9. The lowest BCUT2D eigenvalue weighted by Gasteiger charge is -2.34. The number of nitrogens with one attached hydrogen (secondary N) is 2. The lowest BCUT2D eigenvalue weighted by atomic mass is 9.70. The van der Waals surface area contributed by atoms with Crippen LogP contribution in [-0.4, -0.2) is 70.5 Å². The van der Waals surface area contributed by atoms with Crippen LogP contribution in [-0.2, 0) is 19.1 Å². The van der Waals surface area contributed by atoms with Crippen LogP contribution >= 0.6 is 15.9 Å². The van der Waals surface area contributed by atoms with Gasteiger partial charge in [-0.15, -0.1) is 0 Å². The number of aryl methyl sites for hydroxylation is 2. The molecule has 8 nitrogen and oxygen atoms in total. The summed E-state index contributed by atoms with van der Waals surface area (Å²) in [5.41, 5.74) is 1.58. The van der Waals surface area contributed by atoms with Crippen LogP contribution in [0.1, 0.15) is 30.4 Å². The fraction of sp³-hybridized carbons (Fsp3) is 0.609. The largest absolute Gasteiger partial charge is 0.396 e. The molecule has 32 heavy (non-hydrogen) atoms. The summed E-state index contributed by atoms with van der Waals surface area (Å²) in [5, 5.41) is 14.9. The van der Waals surface area contributed by atoms with Crippen molar-refractivity contribution in [3.8, 4) is 0 Å². The maximum absolute atomic E-state index is 13.7. The molecule has 3 amide bonds. The number of hydrogen-bond acceptors (Lipinski definition) is 5. The number of aliphatic hydroxyl groups excluding tert-OH is 1. The number of anilines is 1. The van der Waals surface area contributed by atoms with Gasteiger partial charge in [-0.2, -0.15) is 0 Å². The van der Waals surface area contributed by atoms with E-state index in [1.807, 2.05) is 32.0 Å². The van der Waals surface area contributed by atoms with E-state index in [9.17, 15) is 19.5 Å². The summed E-state index contributed by atoms with van der Waals surface area (Å²) in [6, 6.07) is 4.98. The molecule has 1 aromatic carbocycles. The molecule has 3 saturated heterocycles. The van der Waals surface area contributed by atoms with Gasteiger partial charge in [-0.3, -0.25) is 14.4 Å². The van der Waals surface area contributed by atoms with Crippen LogP contribution in [0, 0.1) is 25.7 Å². The van der Waals surface area contributed by atoms with Crippen LogP contribution in [0.5, 0.6) is 0 Å². The summed E-state index contributed by atoms with van der Waals surface area (Å²) in [4.78, 5) is 41.5. The molecule has 0 aromatic heterocycles. The van der Waals surface area contributed by atoms with Crippen molar-refractivity contribution >= 4 is 39.3 Å². The first-order valence-corrected chi connectivity index (χ1v) is 12.0. The highest BCUT2D eigenvalue weighted by molar-refractivity contribution is 9.09. The first kappa shape index (κ1) is 23.2. The van der Waals surface area contributed by atoms with Crippen molar-refractivity contribution in [3.63, 3.8) is 0 Å². The molecular weight excluding hydrogens is 478 g/mol. The molecule has 3 unspecified atom stereocenters. The highest BCUT2D eigenvalue weighted by Crippen LogP contribution is 2.60. The Hall–Kier alpha value is -1.97. The van der Waals surface area contributed by atoms with Crippen molar-refractivity contribution in [2.45, 2.75) is 55.7 Å². The number of amides is 3. The van der Waals surface area contributed by atoms with Crippen molar-refractivity contribution in [3.05, 3.63) is 29.3 Å². The van der Waals surface area contributed by atoms with Gasteiger partial charge in [0, 0.05) is 30.7 Å². The van der Waals surface area contributed by atoms with Crippen LogP contribution < -0.4 is 10.6 Å². The molecule has 1 spiro atoms. The van der Waals surface area contributed by atoms with Gasteiger partial charge in [-0.1, -0.05) is 28.1 Å². The Balaban J connectivity index is 1.72. The molecule has 3 aliphatic heterocycles. The Kier molecular flexibility index (Phi) is 6.35. The number of benzene rings is 1. The number of fused-ring (bicyclic) bond motifs is 1. The number of nitrogens with zero attached hydrogens (tertiary/aromatic N) is 1. The number of aliphatic hydroxyl groups is 1. The van der Waals surface area contributed by atoms with E-state index in [0.29, 0.717) is 31.5 Å². The Morgan fingerprint density at radius 3 is 2.72 bits per heavy atom. The van der Waals surface area contributed by atoms with Crippen LogP contribution in [0.4, 0.5) is 5.69 Å². The Morgan fingerprint density at radius 1 is 1.28 bits per heavy atom. The lowest BCUT2D eigenvalue weighted by Crippen LogP contribution is -2.54. The summed E-state index contributed by atoms with van der Waals surface area (Å²) in [7, 11) is 1.55. The van der Waals surface area contributed by atoms with E-state index in [-0.39, 0.29) is 29.2 Å². The minimum absolute atomic E-state index is 0.0128. The number of unbranched alkanes of at least 4 members (excludes halogenated alkanes) is 1. The van der Waals surface area contributed by atoms with Gasteiger partial charge in [-0.05, 0) is 50.3 Å². The fourth-order valence-corrected chi connectivity index (χ4v) is 6.55. The zero-order valence-electron chi connectivity index (χ0n) is 18.6. The minimum atomic E-state index is -1.06. The standard InChI is InChI=1S/C23H30BrN3O5/c1-12-6-7-13(2)15(10-12)26-21(30)19-23-11-14(24)18(32-23)16(20(29)25-3)17(23)22(31)27(19)8-4-5-9-28/h6-7,10,14,16-19,28H,4-5,8-9,11H2,1-3H3,(H,25,29)(H,26,30)/t14?,16-,17+,18-,19?,23?/m1/s1. The molecule has 0 radical (unpaired) electrons. The normalized spacial score (nSPS) is 32.8. The minimum Gasteiger partial charge on any atom is -0.396 e. The number of rotatable bonds is 7. The smallest absolute Gasteiger partial charge is 0.250 e. The molecule has 3 N–H and O–H groups in total. The quantitative estimate of drug-likeness (QED) is 0.383. The topological polar surface area (TPSA) is 108 Å².